The first-order chi connectivity index (χ1) is 24.0. The van der Waals surface area contributed by atoms with Crippen LogP contribution in [0.2, 0.25) is 10.0 Å². The molecule has 2 N–H and O–H groups in total. The van der Waals surface area contributed by atoms with Gasteiger partial charge in [0.2, 0.25) is 0 Å². The Morgan fingerprint density at radius 2 is 1.04 bits per heavy atom. The summed E-state index contributed by atoms with van der Waals surface area (Å²) in [6.07, 6.45) is 6.64. The second kappa shape index (κ2) is 18.1. The molecule has 2 heterocycles. The highest BCUT2D eigenvalue weighted by molar-refractivity contribution is 6.56. The van der Waals surface area contributed by atoms with Gasteiger partial charge in [0, 0.05) is 21.9 Å². The smallest absolute Gasteiger partial charge is 0.344 e. The van der Waals surface area contributed by atoms with E-state index in [1.807, 2.05) is 26.0 Å². The molecular formula is C40H48B2Cl2N2O3. The Morgan fingerprint density at radius 1 is 0.612 bits per heavy atom. The van der Waals surface area contributed by atoms with E-state index in [-0.39, 0.29) is 37.7 Å². The summed E-state index contributed by atoms with van der Waals surface area (Å²) in [6, 6.07) is 32.8. The van der Waals surface area contributed by atoms with Crippen molar-refractivity contribution in [1.82, 2.24) is 10.6 Å². The molecule has 2 aliphatic heterocycles. The molecule has 0 spiro atoms. The zero-order chi connectivity index (χ0) is 34.0. The van der Waals surface area contributed by atoms with Crippen molar-refractivity contribution < 1.29 is 14.0 Å². The molecule has 4 aromatic rings. The summed E-state index contributed by atoms with van der Waals surface area (Å²) < 4.78 is 21.5. The van der Waals surface area contributed by atoms with Gasteiger partial charge in [0.1, 0.15) is 0 Å². The lowest BCUT2D eigenvalue weighted by atomic mass is 9.49. The standard InChI is InChI=1S/C40H48B2Cl2N2O3/c1-29-19-21-31(25-35(29)43)27-47-41(37-17-9-11-23-45-37)39(33-13-5-3-6-14-33)49-40(34-15-7-4-8-16-34)42(38-18-10-12-24-46-38)48-28-32-22-20-30(2)36(44)26-32/h3-8,13-16,19-22,25-26,37-40,45-46H,9-12,17-18,23-24,27-28H2,1-2H3. The molecule has 0 radical (unpaired) electrons. The number of nitrogens with one attached hydrogen (secondary N) is 2. The monoisotopic (exact) mass is 696 g/mol. The third-order valence-electron chi connectivity index (χ3n) is 9.99. The molecule has 6 rings (SSSR count). The van der Waals surface area contributed by atoms with Gasteiger partial charge in [-0.3, -0.25) is 0 Å². The number of halogens is 2. The summed E-state index contributed by atoms with van der Waals surface area (Å²) in [4.78, 5) is 0. The maximum atomic E-state index is 7.53. The molecule has 2 fully saturated rings. The van der Waals surface area contributed by atoms with Crippen molar-refractivity contribution in [2.24, 2.45) is 0 Å². The van der Waals surface area contributed by atoms with Crippen LogP contribution in [-0.2, 0) is 27.3 Å². The van der Waals surface area contributed by atoms with E-state index >= 15 is 0 Å². The molecule has 5 nitrogen and oxygen atoms in total. The molecule has 9 heteroatoms. The molecule has 0 aromatic heterocycles. The molecule has 2 saturated heterocycles. The van der Waals surface area contributed by atoms with E-state index < -0.39 is 0 Å². The van der Waals surface area contributed by atoms with Crippen molar-refractivity contribution in [1.29, 1.82) is 0 Å². The zero-order valence-corrected chi connectivity index (χ0v) is 30.3. The van der Waals surface area contributed by atoms with Crippen LogP contribution in [0.5, 0.6) is 0 Å². The SMILES string of the molecule is Cc1ccc(COB(C2CCCCN2)C(OC(B(OCc2ccc(C)c(Cl)c2)C2CCCCN2)c2ccccc2)c2ccccc2)cc1Cl. The van der Waals surface area contributed by atoms with E-state index in [2.05, 4.69) is 95.6 Å². The Labute approximate surface area is 303 Å². The number of hydrogen-bond acceptors (Lipinski definition) is 5. The Morgan fingerprint density at radius 3 is 1.41 bits per heavy atom. The topological polar surface area (TPSA) is 51.8 Å². The number of piperidine rings is 2. The van der Waals surface area contributed by atoms with E-state index in [0.717, 1.165) is 95.0 Å². The second-order valence-corrected chi connectivity index (χ2v) is 14.4. The fourth-order valence-electron chi connectivity index (χ4n) is 7.12. The van der Waals surface area contributed by atoms with Crippen molar-refractivity contribution in [3.8, 4) is 0 Å². The lowest BCUT2D eigenvalue weighted by molar-refractivity contribution is 0.0399. The third kappa shape index (κ3) is 9.80. The zero-order valence-electron chi connectivity index (χ0n) is 28.8. The van der Waals surface area contributed by atoms with Gasteiger partial charge in [0.05, 0.1) is 25.2 Å². The van der Waals surface area contributed by atoms with Crippen molar-refractivity contribution in [3.05, 3.63) is 140 Å². The molecule has 0 saturated carbocycles. The van der Waals surface area contributed by atoms with E-state index in [9.17, 15) is 0 Å². The molecule has 4 unspecified atom stereocenters. The minimum atomic E-state index is -0.369. The summed E-state index contributed by atoms with van der Waals surface area (Å²) in [5.74, 6) is 0.247. The van der Waals surface area contributed by atoms with Gasteiger partial charge in [-0.2, -0.15) is 0 Å². The van der Waals surface area contributed by atoms with Gasteiger partial charge in [-0.05, 0) is 98.1 Å². The largest absolute Gasteiger partial charge is 0.427 e. The predicted molar refractivity (Wildman–Crippen MR) is 204 cm³/mol. The molecule has 0 bridgehead atoms. The van der Waals surface area contributed by atoms with Crippen LogP contribution in [0, 0.1) is 13.8 Å². The Bertz CT molecular complexity index is 1490. The first-order valence-electron chi connectivity index (χ1n) is 17.9. The van der Waals surface area contributed by atoms with Crippen molar-refractivity contribution in [2.45, 2.75) is 89.5 Å². The van der Waals surface area contributed by atoms with E-state index in [0.29, 0.717) is 13.2 Å². The highest BCUT2D eigenvalue weighted by Crippen LogP contribution is 2.36. The summed E-state index contributed by atoms with van der Waals surface area (Å²) in [5.41, 5.74) is 6.39. The number of aryl methyl sites for hydroxylation is 2. The van der Waals surface area contributed by atoms with Crippen LogP contribution in [0.1, 0.15) is 83.9 Å². The maximum absolute atomic E-state index is 7.53. The Balaban J connectivity index is 1.38. The molecule has 2 aliphatic rings. The highest BCUT2D eigenvalue weighted by Gasteiger charge is 2.44. The minimum absolute atomic E-state index is 0.123. The summed E-state index contributed by atoms with van der Waals surface area (Å²) in [7, 11) is 0. The van der Waals surface area contributed by atoms with E-state index in [1.54, 1.807) is 0 Å². The number of ether oxygens (including phenoxy) is 1. The molecule has 0 aliphatic carbocycles. The first kappa shape index (κ1) is 36.2. The minimum Gasteiger partial charge on any atom is -0.427 e. The normalized spacial score (nSPS) is 19.3. The fraction of sp³-hybridized carbons (Fsp3) is 0.400. The van der Waals surface area contributed by atoms with Crippen molar-refractivity contribution in [2.75, 3.05) is 13.1 Å². The first-order valence-corrected chi connectivity index (χ1v) is 18.7. The van der Waals surface area contributed by atoms with Gasteiger partial charge >= 0.3 is 13.8 Å². The molecule has 0 amide bonds. The van der Waals surface area contributed by atoms with Crippen LogP contribution in [0.25, 0.3) is 0 Å². The van der Waals surface area contributed by atoms with Gasteiger partial charge in [-0.15, -0.1) is 0 Å². The van der Waals surface area contributed by atoms with Crippen molar-refractivity contribution >= 4 is 37.0 Å². The quantitative estimate of drug-likeness (QED) is 0.129. The Hall–Kier alpha value is -2.61. The van der Waals surface area contributed by atoms with E-state index in [4.69, 9.17) is 37.2 Å². The number of hydrogen-bond donors (Lipinski definition) is 2. The lowest BCUT2D eigenvalue weighted by Crippen LogP contribution is -2.54. The molecule has 49 heavy (non-hydrogen) atoms. The summed E-state index contributed by atoms with van der Waals surface area (Å²) in [6.45, 7) is 6.32. The van der Waals surface area contributed by atoms with Gasteiger partial charge in [0.15, 0.2) is 0 Å². The van der Waals surface area contributed by atoms with Crippen LogP contribution in [0.3, 0.4) is 0 Å². The van der Waals surface area contributed by atoms with Gasteiger partial charge in [-0.1, -0.05) is 121 Å². The van der Waals surface area contributed by atoms with E-state index in [1.165, 1.54) is 0 Å². The van der Waals surface area contributed by atoms with Gasteiger partial charge in [-0.25, -0.2) is 0 Å². The second-order valence-electron chi connectivity index (χ2n) is 13.6. The van der Waals surface area contributed by atoms with Crippen LogP contribution < -0.4 is 10.6 Å². The maximum Gasteiger partial charge on any atom is 0.344 e. The highest BCUT2D eigenvalue weighted by atomic mass is 35.5. The molecule has 4 aromatic carbocycles. The van der Waals surface area contributed by atoms with Crippen LogP contribution in [0.15, 0.2) is 97.1 Å². The summed E-state index contributed by atoms with van der Waals surface area (Å²) in [5, 5.41) is 9.11. The lowest BCUT2D eigenvalue weighted by Gasteiger charge is -2.39. The van der Waals surface area contributed by atoms with Crippen molar-refractivity contribution in [3.63, 3.8) is 0 Å². The average Bonchev–Trinajstić information content (AvgIpc) is 3.15. The van der Waals surface area contributed by atoms with Crippen LogP contribution in [0.4, 0.5) is 0 Å². The third-order valence-corrected chi connectivity index (χ3v) is 10.8. The Kier molecular flexibility index (Phi) is 13.3. The van der Waals surface area contributed by atoms with Crippen LogP contribution in [-0.4, -0.2) is 38.8 Å². The molecular weight excluding hydrogens is 649 g/mol. The summed E-state index contributed by atoms with van der Waals surface area (Å²) >= 11 is 13.1. The predicted octanol–water partition coefficient (Wildman–Crippen LogP) is 9.27. The number of rotatable bonds is 14. The van der Waals surface area contributed by atoms with Crippen LogP contribution >= 0.6 is 23.2 Å². The molecule has 256 valence electrons. The average molecular weight is 697 g/mol. The van der Waals surface area contributed by atoms with Gasteiger partial charge < -0.3 is 24.7 Å². The molecule has 4 atom stereocenters. The fourth-order valence-corrected chi connectivity index (χ4v) is 7.53. The van der Waals surface area contributed by atoms with Gasteiger partial charge in [0.25, 0.3) is 0 Å². The number of benzene rings is 4.